The minimum absolute atomic E-state index is 0. The Morgan fingerprint density at radius 2 is 1.96 bits per heavy atom. The van der Waals surface area contributed by atoms with Gasteiger partial charge in [0.05, 0.1) is 16.5 Å². The van der Waals surface area contributed by atoms with Crippen molar-refractivity contribution in [3.8, 4) is 11.5 Å². The van der Waals surface area contributed by atoms with E-state index in [-0.39, 0.29) is 12.4 Å². The van der Waals surface area contributed by atoms with E-state index in [1.54, 1.807) is 0 Å². The third-order valence-corrected chi connectivity index (χ3v) is 4.43. The molecule has 23 heavy (non-hydrogen) atoms. The Balaban J connectivity index is 0.00000156. The van der Waals surface area contributed by atoms with Gasteiger partial charge in [-0.25, -0.2) is 4.98 Å². The van der Waals surface area contributed by atoms with Crippen LogP contribution in [0.1, 0.15) is 42.9 Å². The zero-order chi connectivity index (χ0) is 15.3. The molecular formula is C15H19ClN6O. The van der Waals surface area contributed by atoms with Crippen LogP contribution in [0, 0.1) is 13.8 Å². The van der Waals surface area contributed by atoms with Gasteiger partial charge in [-0.15, -0.1) is 12.4 Å². The molecule has 1 saturated carbocycles. The van der Waals surface area contributed by atoms with Crippen LogP contribution in [0.15, 0.2) is 10.6 Å². The number of aryl methyl sites for hydroxylation is 2. The minimum atomic E-state index is -0.450. The van der Waals surface area contributed by atoms with Crippen LogP contribution in [-0.2, 0) is 5.54 Å². The fourth-order valence-corrected chi connectivity index (χ4v) is 3.23. The molecule has 4 rings (SSSR count). The number of nitrogens with two attached hydrogens (primary N) is 1. The predicted octanol–water partition coefficient (Wildman–Crippen LogP) is 2.77. The number of rotatable bonds is 2. The van der Waals surface area contributed by atoms with Crippen molar-refractivity contribution >= 4 is 23.4 Å². The smallest absolute Gasteiger partial charge is 0.258 e. The summed E-state index contributed by atoms with van der Waals surface area (Å²) in [6.45, 7) is 3.88. The molecule has 0 unspecified atom stereocenters. The molecule has 3 N–H and O–H groups in total. The van der Waals surface area contributed by atoms with Crippen LogP contribution in [0.25, 0.3) is 22.5 Å². The van der Waals surface area contributed by atoms with Crippen molar-refractivity contribution in [2.24, 2.45) is 5.73 Å². The minimum Gasteiger partial charge on any atom is -0.334 e. The Hall–Kier alpha value is -1.99. The number of hydrogen-bond donors (Lipinski definition) is 2. The van der Waals surface area contributed by atoms with Crippen LogP contribution in [0.3, 0.4) is 0 Å². The summed E-state index contributed by atoms with van der Waals surface area (Å²) in [5, 5.41) is 12.2. The maximum Gasteiger partial charge on any atom is 0.258 e. The van der Waals surface area contributed by atoms with E-state index in [4.69, 9.17) is 10.3 Å². The molecule has 0 aliphatic heterocycles. The van der Waals surface area contributed by atoms with E-state index in [1.807, 2.05) is 19.9 Å². The maximum atomic E-state index is 6.41. The van der Waals surface area contributed by atoms with Gasteiger partial charge in [-0.1, -0.05) is 18.0 Å². The van der Waals surface area contributed by atoms with Crippen molar-refractivity contribution in [2.75, 3.05) is 0 Å². The van der Waals surface area contributed by atoms with Crippen molar-refractivity contribution in [2.45, 2.75) is 45.1 Å². The number of nitrogens with one attached hydrogen (secondary N) is 1. The third kappa shape index (κ3) is 2.49. The predicted molar refractivity (Wildman–Crippen MR) is 88.2 cm³/mol. The summed E-state index contributed by atoms with van der Waals surface area (Å²) in [4.78, 5) is 9.00. The molecule has 0 radical (unpaired) electrons. The summed E-state index contributed by atoms with van der Waals surface area (Å²) in [5.41, 5.74) is 9.27. The largest absolute Gasteiger partial charge is 0.334 e. The lowest BCUT2D eigenvalue weighted by atomic mass is 9.98. The number of hydrogen-bond acceptors (Lipinski definition) is 6. The quantitative estimate of drug-likeness (QED) is 0.746. The van der Waals surface area contributed by atoms with E-state index in [1.165, 1.54) is 0 Å². The van der Waals surface area contributed by atoms with Gasteiger partial charge in [-0.3, -0.25) is 5.10 Å². The molecule has 3 aromatic rings. The molecule has 1 fully saturated rings. The van der Waals surface area contributed by atoms with Crippen LogP contribution < -0.4 is 5.73 Å². The topological polar surface area (TPSA) is 107 Å². The summed E-state index contributed by atoms with van der Waals surface area (Å²) in [6, 6.07) is 1.94. The van der Waals surface area contributed by atoms with E-state index in [9.17, 15) is 0 Å². The molecule has 7 nitrogen and oxygen atoms in total. The number of halogens is 1. The van der Waals surface area contributed by atoms with Crippen LogP contribution in [-0.4, -0.2) is 25.3 Å². The molecule has 3 aromatic heterocycles. The number of fused-ring (bicyclic) bond motifs is 1. The first-order valence-corrected chi connectivity index (χ1v) is 7.53. The Kier molecular flexibility index (Phi) is 3.85. The fraction of sp³-hybridized carbons (Fsp3) is 0.467. The summed E-state index contributed by atoms with van der Waals surface area (Å²) in [6.07, 6.45) is 4.03. The molecular weight excluding hydrogens is 316 g/mol. The van der Waals surface area contributed by atoms with Gasteiger partial charge in [0, 0.05) is 11.4 Å². The second-order valence-corrected chi connectivity index (χ2v) is 6.14. The first-order valence-electron chi connectivity index (χ1n) is 7.53. The normalized spacial score (nSPS) is 16.7. The zero-order valence-electron chi connectivity index (χ0n) is 13.1. The second-order valence-electron chi connectivity index (χ2n) is 6.14. The maximum absolute atomic E-state index is 6.41. The van der Waals surface area contributed by atoms with Gasteiger partial charge in [-0.2, -0.15) is 10.1 Å². The molecule has 3 heterocycles. The monoisotopic (exact) mass is 334 g/mol. The van der Waals surface area contributed by atoms with Gasteiger partial charge in [0.1, 0.15) is 0 Å². The van der Waals surface area contributed by atoms with Gasteiger partial charge >= 0.3 is 0 Å². The number of aromatic amines is 1. The van der Waals surface area contributed by atoms with Crippen LogP contribution in [0.2, 0.25) is 0 Å². The van der Waals surface area contributed by atoms with E-state index in [0.717, 1.165) is 48.0 Å². The Bertz CT molecular complexity index is 849. The highest BCUT2D eigenvalue weighted by atomic mass is 35.5. The Morgan fingerprint density at radius 1 is 1.22 bits per heavy atom. The van der Waals surface area contributed by atoms with Crippen molar-refractivity contribution in [3.05, 3.63) is 23.3 Å². The number of H-pyrrole nitrogens is 1. The first kappa shape index (κ1) is 15.9. The third-order valence-electron chi connectivity index (χ3n) is 4.43. The number of pyridine rings is 1. The van der Waals surface area contributed by atoms with Crippen LogP contribution in [0.4, 0.5) is 0 Å². The van der Waals surface area contributed by atoms with E-state index in [2.05, 4.69) is 25.3 Å². The molecule has 122 valence electrons. The van der Waals surface area contributed by atoms with E-state index < -0.39 is 5.54 Å². The Morgan fingerprint density at radius 3 is 2.70 bits per heavy atom. The van der Waals surface area contributed by atoms with Gasteiger partial charge in [0.2, 0.25) is 0 Å². The van der Waals surface area contributed by atoms with Gasteiger partial charge in [0.15, 0.2) is 11.5 Å². The Labute approximate surface area is 139 Å². The van der Waals surface area contributed by atoms with Crippen molar-refractivity contribution in [1.29, 1.82) is 0 Å². The average Bonchev–Trinajstić information content (AvgIpc) is 3.19. The fourth-order valence-electron chi connectivity index (χ4n) is 3.23. The summed E-state index contributed by atoms with van der Waals surface area (Å²) >= 11 is 0. The zero-order valence-corrected chi connectivity index (χ0v) is 13.9. The molecule has 1 aliphatic carbocycles. The lowest BCUT2D eigenvalue weighted by Gasteiger charge is -2.17. The highest BCUT2D eigenvalue weighted by Crippen LogP contribution is 2.36. The first-order chi connectivity index (χ1) is 10.6. The van der Waals surface area contributed by atoms with E-state index >= 15 is 0 Å². The number of nitrogens with zero attached hydrogens (tertiary/aromatic N) is 4. The van der Waals surface area contributed by atoms with Gasteiger partial charge < -0.3 is 10.3 Å². The molecule has 0 amide bonds. The molecule has 0 bridgehead atoms. The van der Waals surface area contributed by atoms with Gasteiger partial charge in [-0.05, 0) is 32.8 Å². The standard InChI is InChI=1S/C15H18N6O.ClH/c1-8-7-10(11-9(2)19-20-12(11)17-8)13-18-14(21-22-13)15(16)5-3-4-6-15;/h7H,3-6,16H2,1-2H3,(H,17,19,20);1H. The summed E-state index contributed by atoms with van der Waals surface area (Å²) in [7, 11) is 0. The lowest BCUT2D eigenvalue weighted by molar-refractivity contribution is 0.373. The van der Waals surface area contributed by atoms with Crippen molar-refractivity contribution in [1.82, 2.24) is 25.3 Å². The van der Waals surface area contributed by atoms with Gasteiger partial charge in [0.25, 0.3) is 5.89 Å². The highest BCUT2D eigenvalue weighted by molar-refractivity contribution is 5.92. The number of aromatic nitrogens is 5. The summed E-state index contributed by atoms with van der Waals surface area (Å²) < 4.78 is 5.51. The lowest BCUT2D eigenvalue weighted by Crippen LogP contribution is -2.34. The average molecular weight is 335 g/mol. The van der Waals surface area contributed by atoms with Crippen molar-refractivity contribution in [3.63, 3.8) is 0 Å². The van der Waals surface area contributed by atoms with Crippen LogP contribution in [0.5, 0.6) is 0 Å². The molecule has 0 saturated heterocycles. The van der Waals surface area contributed by atoms with Crippen LogP contribution >= 0.6 is 12.4 Å². The molecule has 0 aromatic carbocycles. The second kappa shape index (κ2) is 5.58. The summed E-state index contributed by atoms with van der Waals surface area (Å²) in [5.74, 6) is 1.08. The molecule has 0 spiro atoms. The van der Waals surface area contributed by atoms with Crippen molar-refractivity contribution < 1.29 is 4.52 Å². The molecule has 8 heteroatoms. The highest BCUT2D eigenvalue weighted by Gasteiger charge is 2.36. The molecule has 1 aliphatic rings. The molecule has 0 atom stereocenters. The SMILES string of the molecule is Cc1cc(-c2nc(C3(N)CCCC3)no2)c2c(C)[nH]nc2n1.Cl. The van der Waals surface area contributed by atoms with E-state index in [0.29, 0.717) is 17.4 Å².